The number of carbonyl (C=O) groups excluding carboxylic acids is 2. The number of nitrogens with one attached hydrogen (secondary N) is 1. The minimum atomic E-state index is -3.48. The lowest BCUT2D eigenvalue weighted by molar-refractivity contribution is -0.129. The first-order chi connectivity index (χ1) is 11.2. The lowest BCUT2D eigenvalue weighted by Gasteiger charge is -2.17. The van der Waals surface area contributed by atoms with E-state index in [1.54, 1.807) is 0 Å². The Morgan fingerprint density at radius 3 is 2.50 bits per heavy atom. The van der Waals surface area contributed by atoms with Gasteiger partial charge in [0.1, 0.15) is 0 Å². The molecular formula is C16H20ClNO5S. The fourth-order valence-electron chi connectivity index (χ4n) is 2.56. The molecule has 1 aromatic carbocycles. The third-order valence-corrected chi connectivity index (χ3v) is 5.38. The van der Waals surface area contributed by atoms with E-state index in [1.807, 2.05) is 0 Å². The van der Waals surface area contributed by atoms with Gasteiger partial charge in [-0.2, -0.15) is 0 Å². The SMILES string of the molecule is C[C@H](OC(=O)c1cc(S(C)(=O)=O)ccc1Cl)C(=O)NC1CCCC1. The average Bonchev–Trinajstić information content (AvgIpc) is 2.99. The summed E-state index contributed by atoms with van der Waals surface area (Å²) >= 11 is 5.95. The van der Waals surface area contributed by atoms with Gasteiger partial charge in [-0.1, -0.05) is 24.4 Å². The molecule has 6 nitrogen and oxygen atoms in total. The van der Waals surface area contributed by atoms with Crippen molar-refractivity contribution >= 4 is 33.3 Å². The molecular weight excluding hydrogens is 354 g/mol. The second kappa shape index (κ2) is 7.53. The standard InChI is InChI=1S/C16H20ClNO5S/c1-10(15(19)18-11-5-3-4-6-11)23-16(20)13-9-12(24(2,21)22)7-8-14(13)17/h7-11H,3-6H2,1-2H3,(H,18,19)/t10-/m0/s1. The van der Waals surface area contributed by atoms with E-state index in [0.29, 0.717) is 0 Å². The molecule has 0 radical (unpaired) electrons. The summed E-state index contributed by atoms with van der Waals surface area (Å²) in [6, 6.07) is 3.90. The number of hydrogen-bond acceptors (Lipinski definition) is 5. The Morgan fingerprint density at radius 2 is 1.92 bits per heavy atom. The lowest BCUT2D eigenvalue weighted by Crippen LogP contribution is -2.40. The molecule has 2 rings (SSSR count). The van der Waals surface area contributed by atoms with Gasteiger partial charge in [0.2, 0.25) is 0 Å². The molecule has 0 spiro atoms. The minimum absolute atomic E-state index is 0.0399. The van der Waals surface area contributed by atoms with E-state index in [1.165, 1.54) is 19.1 Å². The summed E-state index contributed by atoms with van der Waals surface area (Å²) in [7, 11) is -3.48. The molecule has 1 amide bonds. The van der Waals surface area contributed by atoms with Crippen molar-refractivity contribution in [1.29, 1.82) is 0 Å². The van der Waals surface area contributed by atoms with Crippen molar-refractivity contribution in [3.8, 4) is 0 Å². The number of ether oxygens (including phenoxy) is 1. The Labute approximate surface area is 146 Å². The summed E-state index contributed by atoms with van der Waals surface area (Å²) in [5.41, 5.74) is -0.0832. The van der Waals surface area contributed by atoms with Crippen LogP contribution in [0, 0.1) is 0 Å². The zero-order valence-corrected chi connectivity index (χ0v) is 15.1. The van der Waals surface area contributed by atoms with E-state index in [0.717, 1.165) is 38.0 Å². The summed E-state index contributed by atoms with van der Waals surface area (Å²) in [6.07, 6.45) is 4.04. The first-order valence-electron chi connectivity index (χ1n) is 7.69. The monoisotopic (exact) mass is 373 g/mol. The van der Waals surface area contributed by atoms with Gasteiger partial charge >= 0.3 is 5.97 Å². The van der Waals surface area contributed by atoms with Gasteiger partial charge in [-0.25, -0.2) is 13.2 Å². The largest absolute Gasteiger partial charge is 0.449 e. The Kier molecular flexibility index (Phi) is 5.87. The molecule has 0 aliphatic heterocycles. The zero-order chi connectivity index (χ0) is 17.9. The number of carbonyl (C=O) groups is 2. The van der Waals surface area contributed by atoms with Crippen LogP contribution in [0.3, 0.4) is 0 Å². The molecule has 1 fully saturated rings. The third kappa shape index (κ3) is 4.70. The van der Waals surface area contributed by atoms with E-state index >= 15 is 0 Å². The molecule has 1 aliphatic carbocycles. The highest BCUT2D eigenvalue weighted by atomic mass is 35.5. The van der Waals surface area contributed by atoms with E-state index in [-0.39, 0.29) is 27.4 Å². The van der Waals surface area contributed by atoms with Gasteiger partial charge in [0.05, 0.1) is 15.5 Å². The van der Waals surface area contributed by atoms with E-state index in [4.69, 9.17) is 16.3 Å². The van der Waals surface area contributed by atoms with Crippen LogP contribution in [0.4, 0.5) is 0 Å². The molecule has 1 N–H and O–H groups in total. The Bertz CT molecular complexity index is 741. The topological polar surface area (TPSA) is 89.5 Å². The van der Waals surface area contributed by atoms with Crippen LogP contribution in [0.5, 0.6) is 0 Å². The maximum atomic E-state index is 12.2. The highest BCUT2D eigenvalue weighted by Crippen LogP contribution is 2.22. The number of amides is 1. The van der Waals surface area contributed by atoms with Crippen molar-refractivity contribution in [2.45, 2.75) is 49.6 Å². The van der Waals surface area contributed by atoms with Crippen LogP contribution in [0.1, 0.15) is 43.0 Å². The fourth-order valence-corrected chi connectivity index (χ4v) is 3.40. The van der Waals surface area contributed by atoms with Gasteiger partial charge in [-0.15, -0.1) is 0 Å². The Balaban J connectivity index is 2.07. The number of rotatable bonds is 5. The first kappa shape index (κ1) is 18.7. The van der Waals surface area contributed by atoms with Gasteiger partial charge in [0.15, 0.2) is 15.9 Å². The predicted molar refractivity (Wildman–Crippen MR) is 89.8 cm³/mol. The zero-order valence-electron chi connectivity index (χ0n) is 13.5. The maximum absolute atomic E-state index is 12.2. The molecule has 24 heavy (non-hydrogen) atoms. The summed E-state index contributed by atoms with van der Waals surface area (Å²) in [5.74, 6) is -1.20. The molecule has 1 saturated carbocycles. The highest BCUT2D eigenvalue weighted by Gasteiger charge is 2.25. The number of benzene rings is 1. The smallest absolute Gasteiger partial charge is 0.340 e. The fraction of sp³-hybridized carbons (Fsp3) is 0.500. The average molecular weight is 374 g/mol. The maximum Gasteiger partial charge on any atom is 0.340 e. The van der Waals surface area contributed by atoms with Crippen LogP contribution in [0.2, 0.25) is 5.02 Å². The van der Waals surface area contributed by atoms with Crippen molar-refractivity contribution in [3.05, 3.63) is 28.8 Å². The summed E-state index contributed by atoms with van der Waals surface area (Å²) < 4.78 is 28.3. The minimum Gasteiger partial charge on any atom is -0.449 e. The van der Waals surface area contributed by atoms with Crippen LogP contribution in [0.15, 0.2) is 23.1 Å². The Morgan fingerprint density at radius 1 is 1.29 bits per heavy atom. The summed E-state index contributed by atoms with van der Waals surface area (Å²) in [5, 5.41) is 2.91. The van der Waals surface area contributed by atoms with Crippen LogP contribution < -0.4 is 5.32 Å². The number of halogens is 1. The van der Waals surface area contributed by atoms with Gasteiger partial charge in [-0.3, -0.25) is 4.79 Å². The Hall–Kier alpha value is -1.60. The van der Waals surface area contributed by atoms with E-state index < -0.39 is 21.9 Å². The molecule has 0 heterocycles. The molecule has 1 aliphatic rings. The molecule has 132 valence electrons. The van der Waals surface area contributed by atoms with Crippen molar-refractivity contribution in [2.75, 3.05) is 6.26 Å². The van der Waals surface area contributed by atoms with Crippen molar-refractivity contribution < 1.29 is 22.7 Å². The molecule has 0 saturated heterocycles. The quantitative estimate of drug-likeness (QED) is 0.800. The van der Waals surface area contributed by atoms with Gasteiger partial charge in [0, 0.05) is 12.3 Å². The van der Waals surface area contributed by atoms with Crippen LogP contribution in [-0.2, 0) is 19.4 Å². The molecule has 0 aromatic heterocycles. The lowest BCUT2D eigenvalue weighted by atomic mass is 10.2. The van der Waals surface area contributed by atoms with Crippen molar-refractivity contribution in [2.24, 2.45) is 0 Å². The molecule has 1 aromatic rings. The summed E-state index contributed by atoms with van der Waals surface area (Å²) in [4.78, 5) is 24.2. The normalized spacial score (nSPS) is 16.6. The van der Waals surface area contributed by atoms with Crippen LogP contribution in [0.25, 0.3) is 0 Å². The third-order valence-electron chi connectivity index (χ3n) is 3.94. The van der Waals surface area contributed by atoms with E-state index in [9.17, 15) is 18.0 Å². The molecule has 0 bridgehead atoms. The number of esters is 1. The van der Waals surface area contributed by atoms with Gasteiger partial charge in [0.25, 0.3) is 5.91 Å². The molecule has 1 atom stereocenters. The first-order valence-corrected chi connectivity index (χ1v) is 9.96. The van der Waals surface area contributed by atoms with Gasteiger partial charge in [-0.05, 0) is 38.0 Å². The van der Waals surface area contributed by atoms with Gasteiger partial charge < -0.3 is 10.1 Å². The second-order valence-electron chi connectivity index (χ2n) is 5.95. The van der Waals surface area contributed by atoms with Crippen molar-refractivity contribution in [3.63, 3.8) is 0 Å². The summed E-state index contributed by atoms with van der Waals surface area (Å²) in [6.45, 7) is 1.47. The molecule has 0 unspecified atom stereocenters. The number of sulfone groups is 1. The number of hydrogen-bond donors (Lipinski definition) is 1. The predicted octanol–water partition coefficient (Wildman–Crippen LogP) is 2.35. The van der Waals surface area contributed by atoms with E-state index in [2.05, 4.69) is 5.32 Å². The highest BCUT2D eigenvalue weighted by molar-refractivity contribution is 7.90. The van der Waals surface area contributed by atoms with Crippen LogP contribution in [-0.4, -0.2) is 38.7 Å². The van der Waals surface area contributed by atoms with Crippen molar-refractivity contribution in [1.82, 2.24) is 5.32 Å². The second-order valence-corrected chi connectivity index (χ2v) is 8.37. The van der Waals surface area contributed by atoms with Crippen LogP contribution >= 0.6 is 11.6 Å². The molecule has 8 heteroatoms.